The molecule has 0 aromatic heterocycles. The van der Waals surface area contributed by atoms with Crippen molar-refractivity contribution in [1.29, 1.82) is 0 Å². The minimum atomic E-state index is -0.349. The quantitative estimate of drug-likeness (QED) is 0.863. The monoisotopic (exact) mass is 288 g/mol. The lowest BCUT2D eigenvalue weighted by Crippen LogP contribution is -2.27. The second kappa shape index (κ2) is 5.17. The Kier molecular flexibility index (Phi) is 3.36. The highest BCUT2D eigenvalue weighted by molar-refractivity contribution is 8.00. The molecule has 1 unspecified atom stereocenters. The number of benzene rings is 2. The first-order chi connectivity index (χ1) is 9.65. The first-order valence-corrected chi connectivity index (χ1v) is 7.25. The van der Waals surface area contributed by atoms with Gasteiger partial charge < -0.3 is 5.73 Å². The fourth-order valence-electron chi connectivity index (χ4n) is 2.29. The van der Waals surface area contributed by atoms with Crippen LogP contribution in [0.25, 0.3) is 0 Å². The standard InChI is InChI=1S/C15H13FN2OS/c16-11-4-2-6-13(8-11)18-14(19)9-20-15(18)10-3-1-5-12(17)7-10/h1-8,15H,9,17H2. The van der Waals surface area contributed by atoms with Crippen molar-refractivity contribution in [3.05, 3.63) is 59.9 Å². The maximum atomic E-state index is 13.4. The highest BCUT2D eigenvalue weighted by Crippen LogP contribution is 2.42. The van der Waals surface area contributed by atoms with Gasteiger partial charge in [0, 0.05) is 11.4 Å². The Labute approximate surface area is 120 Å². The van der Waals surface area contributed by atoms with Crippen LogP contribution in [0, 0.1) is 5.82 Å². The summed E-state index contributed by atoms with van der Waals surface area (Å²) in [5, 5.41) is -0.159. The van der Waals surface area contributed by atoms with Crippen LogP contribution in [0.2, 0.25) is 0 Å². The Morgan fingerprint density at radius 1 is 1.20 bits per heavy atom. The first-order valence-electron chi connectivity index (χ1n) is 6.20. The number of amides is 1. The number of halogens is 1. The molecule has 0 saturated carbocycles. The summed E-state index contributed by atoms with van der Waals surface area (Å²) in [6.07, 6.45) is 0. The van der Waals surface area contributed by atoms with E-state index < -0.39 is 0 Å². The average Bonchev–Trinajstić information content (AvgIpc) is 2.80. The molecular weight excluding hydrogens is 275 g/mol. The molecule has 102 valence electrons. The second-order valence-corrected chi connectivity index (χ2v) is 5.65. The number of nitrogen functional groups attached to an aromatic ring is 1. The summed E-state index contributed by atoms with van der Waals surface area (Å²) in [5.41, 5.74) is 7.98. The molecule has 3 nitrogen and oxygen atoms in total. The van der Waals surface area contributed by atoms with Crippen LogP contribution in [0.4, 0.5) is 15.8 Å². The number of rotatable bonds is 2. The van der Waals surface area contributed by atoms with Gasteiger partial charge in [0.05, 0.1) is 5.75 Å². The lowest BCUT2D eigenvalue weighted by molar-refractivity contribution is -0.115. The van der Waals surface area contributed by atoms with Crippen LogP contribution in [0.15, 0.2) is 48.5 Å². The third-order valence-electron chi connectivity index (χ3n) is 3.15. The molecule has 1 heterocycles. The molecule has 0 spiro atoms. The molecule has 1 aliphatic heterocycles. The van der Waals surface area contributed by atoms with Crippen molar-refractivity contribution >= 4 is 29.0 Å². The van der Waals surface area contributed by atoms with E-state index in [-0.39, 0.29) is 17.1 Å². The van der Waals surface area contributed by atoms with Crippen molar-refractivity contribution in [1.82, 2.24) is 0 Å². The number of nitrogens with two attached hydrogens (primary N) is 1. The van der Waals surface area contributed by atoms with Gasteiger partial charge in [0.15, 0.2) is 0 Å². The van der Waals surface area contributed by atoms with Crippen molar-refractivity contribution in [2.45, 2.75) is 5.37 Å². The normalized spacial score (nSPS) is 18.6. The third-order valence-corrected chi connectivity index (χ3v) is 4.36. The number of anilines is 2. The van der Waals surface area contributed by atoms with Gasteiger partial charge in [-0.3, -0.25) is 9.69 Å². The fourth-order valence-corrected chi connectivity index (χ4v) is 3.46. The highest BCUT2D eigenvalue weighted by atomic mass is 32.2. The summed E-state index contributed by atoms with van der Waals surface area (Å²) >= 11 is 1.52. The number of carbonyl (C=O) groups is 1. The third kappa shape index (κ3) is 2.36. The molecule has 1 aliphatic rings. The number of nitrogens with zero attached hydrogens (tertiary/aromatic N) is 1. The molecular formula is C15H13FN2OS. The van der Waals surface area contributed by atoms with Crippen molar-refractivity contribution in [2.75, 3.05) is 16.4 Å². The minimum absolute atomic E-state index is 0.0203. The van der Waals surface area contributed by atoms with Crippen molar-refractivity contribution in [3.8, 4) is 0 Å². The zero-order chi connectivity index (χ0) is 14.1. The van der Waals surface area contributed by atoms with E-state index in [9.17, 15) is 9.18 Å². The molecule has 0 bridgehead atoms. The molecule has 1 amide bonds. The molecule has 1 atom stereocenters. The van der Waals surface area contributed by atoms with Crippen LogP contribution < -0.4 is 10.6 Å². The highest BCUT2D eigenvalue weighted by Gasteiger charge is 2.34. The van der Waals surface area contributed by atoms with Gasteiger partial charge in [-0.25, -0.2) is 4.39 Å². The summed E-state index contributed by atoms with van der Waals surface area (Å²) < 4.78 is 13.4. The zero-order valence-electron chi connectivity index (χ0n) is 10.6. The van der Waals surface area contributed by atoms with Gasteiger partial charge in [-0.1, -0.05) is 18.2 Å². The first kappa shape index (κ1) is 13.0. The smallest absolute Gasteiger partial charge is 0.238 e. The number of hydrogen-bond acceptors (Lipinski definition) is 3. The van der Waals surface area contributed by atoms with E-state index in [0.29, 0.717) is 17.1 Å². The van der Waals surface area contributed by atoms with Crippen molar-refractivity contribution in [3.63, 3.8) is 0 Å². The van der Waals surface area contributed by atoms with Gasteiger partial charge in [-0.15, -0.1) is 11.8 Å². The molecule has 0 radical (unpaired) electrons. The van der Waals surface area contributed by atoms with Crippen LogP contribution in [-0.2, 0) is 4.79 Å². The summed E-state index contributed by atoms with van der Waals surface area (Å²) in [5.74, 6) is 0.0160. The van der Waals surface area contributed by atoms with Crippen LogP contribution in [0.1, 0.15) is 10.9 Å². The Morgan fingerprint density at radius 2 is 2.00 bits per heavy atom. The molecule has 20 heavy (non-hydrogen) atoms. The molecule has 2 aromatic carbocycles. The van der Waals surface area contributed by atoms with E-state index in [1.54, 1.807) is 23.1 Å². The van der Waals surface area contributed by atoms with E-state index in [2.05, 4.69) is 0 Å². The average molecular weight is 288 g/mol. The molecule has 0 aliphatic carbocycles. The summed E-state index contributed by atoms with van der Waals surface area (Å²) in [6.45, 7) is 0. The topological polar surface area (TPSA) is 46.3 Å². The Morgan fingerprint density at radius 3 is 2.75 bits per heavy atom. The van der Waals surface area contributed by atoms with E-state index in [1.165, 1.54) is 23.9 Å². The van der Waals surface area contributed by atoms with Crippen LogP contribution in [0.3, 0.4) is 0 Å². The molecule has 1 saturated heterocycles. The maximum Gasteiger partial charge on any atom is 0.238 e. The van der Waals surface area contributed by atoms with Crippen LogP contribution >= 0.6 is 11.8 Å². The Bertz CT molecular complexity index is 662. The van der Waals surface area contributed by atoms with Gasteiger partial charge in [-0.2, -0.15) is 0 Å². The lowest BCUT2D eigenvalue weighted by Gasteiger charge is -2.24. The number of hydrogen-bond donors (Lipinski definition) is 1. The SMILES string of the molecule is Nc1cccc(C2SCC(=O)N2c2cccc(F)c2)c1. The van der Waals surface area contributed by atoms with Crippen molar-refractivity contribution < 1.29 is 9.18 Å². The van der Waals surface area contributed by atoms with Gasteiger partial charge in [0.1, 0.15) is 11.2 Å². The number of thioether (sulfide) groups is 1. The minimum Gasteiger partial charge on any atom is -0.399 e. The molecule has 1 fully saturated rings. The summed E-state index contributed by atoms with van der Waals surface area (Å²) in [4.78, 5) is 13.7. The molecule has 2 aromatic rings. The van der Waals surface area contributed by atoms with E-state index in [1.807, 2.05) is 18.2 Å². The van der Waals surface area contributed by atoms with Gasteiger partial charge >= 0.3 is 0 Å². The predicted molar refractivity (Wildman–Crippen MR) is 79.9 cm³/mol. The van der Waals surface area contributed by atoms with Gasteiger partial charge in [0.2, 0.25) is 5.91 Å². The fraction of sp³-hybridized carbons (Fsp3) is 0.133. The molecule has 5 heteroatoms. The summed E-state index contributed by atoms with van der Waals surface area (Å²) in [6, 6.07) is 13.5. The molecule has 3 rings (SSSR count). The second-order valence-electron chi connectivity index (χ2n) is 4.58. The maximum absolute atomic E-state index is 13.4. The largest absolute Gasteiger partial charge is 0.399 e. The van der Waals surface area contributed by atoms with Crippen LogP contribution in [-0.4, -0.2) is 11.7 Å². The van der Waals surface area contributed by atoms with Crippen LogP contribution in [0.5, 0.6) is 0 Å². The van der Waals surface area contributed by atoms with E-state index in [0.717, 1.165) is 5.56 Å². The predicted octanol–water partition coefficient (Wildman–Crippen LogP) is 3.19. The summed E-state index contributed by atoms with van der Waals surface area (Å²) in [7, 11) is 0. The molecule has 2 N–H and O–H groups in total. The number of carbonyl (C=O) groups excluding carboxylic acids is 1. The lowest BCUT2D eigenvalue weighted by atomic mass is 10.1. The van der Waals surface area contributed by atoms with Crippen molar-refractivity contribution in [2.24, 2.45) is 0 Å². The Balaban J connectivity index is 2.01. The van der Waals surface area contributed by atoms with Gasteiger partial charge in [-0.05, 0) is 35.9 Å². The van der Waals surface area contributed by atoms with E-state index >= 15 is 0 Å². The van der Waals surface area contributed by atoms with Gasteiger partial charge in [0.25, 0.3) is 0 Å². The zero-order valence-corrected chi connectivity index (χ0v) is 11.4. The Hall–Kier alpha value is -2.01. The van der Waals surface area contributed by atoms with E-state index in [4.69, 9.17) is 5.73 Å².